The monoisotopic (exact) mass is 282 g/mol. The van der Waals surface area contributed by atoms with E-state index in [-0.39, 0.29) is 18.6 Å². The molecule has 1 atom stereocenters. The molecule has 0 saturated heterocycles. The number of amides is 2. The summed E-state index contributed by atoms with van der Waals surface area (Å²) in [6.45, 7) is 3.89. The van der Waals surface area contributed by atoms with E-state index in [2.05, 4.69) is 10.3 Å². The van der Waals surface area contributed by atoms with Gasteiger partial charge in [-0.2, -0.15) is 0 Å². The minimum atomic E-state index is -1.01. The number of nitrogens with one attached hydrogen (secondary N) is 1. The van der Waals surface area contributed by atoms with E-state index in [9.17, 15) is 9.59 Å². The Morgan fingerprint density at radius 3 is 2.75 bits per heavy atom. The van der Waals surface area contributed by atoms with Gasteiger partial charge in [-0.15, -0.1) is 0 Å². The molecule has 0 aromatic carbocycles. The predicted molar refractivity (Wildman–Crippen MR) is 74.4 cm³/mol. The lowest BCUT2D eigenvalue weighted by atomic mass is 10.2. The Morgan fingerprint density at radius 2 is 2.25 bits per heavy atom. The number of aliphatic carboxylic acids is 1. The second-order valence-corrected chi connectivity index (χ2v) is 4.72. The third kappa shape index (κ3) is 4.56. The molecule has 0 aliphatic carbocycles. The van der Waals surface area contributed by atoms with Crippen molar-refractivity contribution >= 4 is 12.0 Å². The summed E-state index contributed by atoms with van der Waals surface area (Å²) in [4.78, 5) is 28.3. The number of carboxylic acid groups (broad SMARTS) is 1. The maximum atomic E-state index is 12.0. The first-order valence-corrected chi connectivity index (χ1v) is 6.68. The number of hydrogen-bond donors (Lipinski definition) is 2. The molecule has 0 radical (unpaired) electrons. The Labute approximate surface area is 118 Å². The Balaban J connectivity index is 2.49. The maximum Gasteiger partial charge on any atom is 0.323 e. The van der Waals surface area contributed by atoms with E-state index in [1.54, 1.807) is 6.20 Å². The van der Waals surface area contributed by atoms with Crippen LogP contribution in [0.25, 0.3) is 0 Å². The van der Waals surface area contributed by atoms with Crippen molar-refractivity contribution in [1.29, 1.82) is 0 Å². The molecule has 1 aromatic rings. The van der Waals surface area contributed by atoms with Crippen LogP contribution in [-0.2, 0) is 18.3 Å². The molecule has 20 heavy (non-hydrogen) atoms. The second-order valence-electron chi connectivity index (χ2n) is 4.72. The zero-order valence-electron chi connectivity index (χ0n) is 12.2. The predicted octanol–water partition coefficient (Wildman–Crippen LogP) is 0.857. The molecule has 2 amide bonds. The van der Waals surface area contributed by atoms with Gasteiger partial charge < -0.3 is 19.9 Å². The number of carbonyl (C=O) groups is 2. The third-order valence-electron chi connectivity index (χ3n) is 3.24. The average molecular weight is 282 g/mol. The molecular formula is C13H22N4O3. The van der Waals surface area contributed by atoms with E-state index in [0.717, 1.165) is 5.82 Å². The lowest BCUT2D eigenvalue weighted by molar-refractivity contribution is -0.138. The molecule has 0 fully saturated rings. The summed E-state index contributed by atoms with van der Waals surface area (Å²) in [5, 5.41) is 11.6. The van der Waals surface area contributed by atoms with E-state index in [0.29, 0.717) is 19.4 Å². The van der Waals surface area contributed by atoms with E-state index in [1.807, 2.05) is 31.7 Å². The number of urea groups is 1. The highest BCUT2D eigenvalue weighted by molar-refractivity contribution is 5.80. The van der Waals surface area contributed by atoms with Crippen molar-refractivity contribution in [1.82, 2.24) is 19.8 Å². The van der Waals surface area contributed by atoms with Crippen molar-refractivity contribution in [3.05, 3.63) is 18.2 Å². The molecule has 7 heteroatoms. The molecule has 0 aliphatic rings. The molecular weight excluding hydrogens is 260 g/mol. The molecule has 0 bridgehead atoms. The molecule has 1 aromatic heterocycles. The lowest BCUT2D eigenvalue weighted by Crippen LogP contribution is -2.47. The van der Waals surface area contributed by atoms with Crippen molar-refractivity contribution in [2.45, 2.75) is 32.7 Å². The van der Waals surface area contributed by atoms with Crippen LogP contribution in [0.2, 0.25) is 0 Å². The van der Waals surface area contributed by atoms with E-state index >= 15 is 0 Å². The molecule has 1 rings (SSSR count). The minimum Gasteiger partial charge on any atom is -0.480 e. The van der Waals surface area contributed by atoms with Gasteiger partial charge in [0.2, 0.25) is 0 Å². The number of rotatable bonds is 7. The number of imidazole rings is 1. The van der Waals surface area contributed by atoms with Gasteiger partial charge in [0.15, 0.2) is 0 Å². The largest absolute Gasteiger partial charge is 0.480 e. The fourth-order valence-corrected chi connectivity index (χ4v) is 1.81. The summed E-state index contributed by atoms with van der Waals surface area (Å²) in [5.41, 5.74) is 0. The SMILES string of the molecule is CCC(C)N(CC(=O)O)C(=O)NCCc1nccn1C. The number of carboxylic acids is 1. The van der Waals surface area contributed by atoms with Gasteiger partial charge in [-0.1, -0.05) is 6.92 Å². The second kappa shape index (κ2) is 7.52. The Kier molecular flexibility index (Phi) is 6.02. The first-order valence-electron chi connectivity index (χ1n) is 6.68. The normalized spacial score (nSPS) is 11.9. The van der Waals surface area contributed by atoms with Crippen LogP contribution in [-0.4, -0.2) is 50.7 Å². The molecule has 2 N–H and O–H groups in total. The van der Waals surface area contributed by atoms with E-state index in [1.165, 1.54) is 4.90 Å². The summed E-state index contributed by atoms with van der Waals surface area (Å²) < 4.78 is 1.88. The molecule has 1 unspecified atom stereocenters. The molecule has 0 aliphatic heterocycles. The minimum absolute atomic E-state index is 0.112. The summed E-state index contributed by atoms with van der Waals surface area (Å²) in [5.74, 6) is -0.136. The smallest absolute Gasteiger partial charge is 0.323 e. The van der Waals surface area contributed by atoms with Crippen LogP contribution in [0.3, 0.4) is 0 Å². The average Bonchev–Trinajstić information content (AvgIpc) is 2.80. The van der Waals surface area contributed by atoms with Gasteiger partial charge in [-0.3, -0.25) is 4.79 Å². The van der Waals surface area contributed by atoms with Gasteiger partial charge in [-0.05, 0) is 13.3 Å². The van der Waals surface area contributed by atoms with Crippen molar-refractivity contribution in [2.75, 3.05) is 13.1 Å². The van der Waals surface area contributed by atoms with Crippen molar-refractivity contribution in [3.63, 3.8) is 0 Å². The van der Waals surface area contributed by atoms with Crippen LogP contribution in [0.4, 0.5) is 4.79 Å². The van der Waals surface area contributed by atoms with Gasteiger partial charge in [0.1, 0.15) is 12.4 Å². The molecule has 0 spiro atoms. The van der Waals surface area contributed by atoms with Crippen LogP contribution >= 0.6 is 0 Å². The van der Waals surface area contributed by atoms with Crippen molar-refractivity contribution in [3.8, 4) is 0 Å². The van der Waals surface area contributed by atoms with Gasteiger partial charge in [0, 0.05) is 38.4 Å². The molecule has 1 heterocycles. The first-order chi connectivity index (χ1) is 9.45. The van der Waals surface area contributed by atoms with Crippen LogP contribution < -0.4 is 5.32 Å². The number of hydrogen-bond acceptors (Lipinski definition) is 3. The van der Waals surface area contributed by atoms with Crippen molar-refractivity contribution < 1.29 is 14.7 Å². The number of aromatic nitrogens is 2. The van der Waals surface area contributed by atoms with Gasteiger partial charge in [0.05, 0.1) is 0 Å². The number of carbonyl (C=O) groups excluding carboxylic acids is 1. The van der Waals surface area contributed by atoms with Crippen LogP contribution in [0.15, 0.2) is 12.4 Å². The third-order valence-corrected chi connectivity index (χ3v) is 3.24. The Bertz CT molecular complexity index is 458. The zero-order valence-corrected chi connectivity index (χ0v) is 12.2. The highest BCUT2D eigenvalue weighted by atomic mass is 16.4. The van der Waals surface area contributed by atoms with E-state index in [4.69, 9.17) is 5.11 Å². The summed E-state index contributed by atoms with van der Waals surface area (Å²) in [7, 11) is 1.89. The van der Waals surface area contributed by atoms with E-state index < -0.39 is 5.97 Å². The molecule has 112 valence electrons. The Hall–Kier alpha value is -2.05. The molecule has 0 saturated carbocycles. The van der Waals surface area contributed by atoms with Crippen molar-refractivity contribution in [2.24, 2.45) is 7.05 Å². The Morgan fingerprint density at radius 1 is 1.55 bits per heavy atom. The van der Waals surface area contributed by atoms with Crippen LogP contribution in [0.1, 0.15) is 26.1 Å². The van der Waals surface area contributed by atoms with Crippen LogP contribution in [0, 0.1) is 0 Å². The summed E-state index contributed by atoms with van der Waals surface area (Å²) in [6, 6.07) is -0.463. The summed E-state index contributed by atoms with van der Waals surface area (Å²) >= 11 is 0. The van der Waals surface area contributed by atoms with Crippen LogP contribution in [0.5, 0.6) is 0 Å². The standard InChI is InChI=1S/C13H22N4O3/c1-4-10(2)17(9-12(18)19)13(20)15-6-5-11-14-7-8-16(11)3/h7-8,10H,4-6,9H2,1-3H3,(H,15,20)(H,18,19). The van der Waals surface area contributed by atoms with Gasteiger partial charge in [0.25, 0.3) is 0 Å². The zero-order chi connectivity index (χ0) is 15.1. The lowest BCUT2D eigenvalue weighted by Gasteiger charge is -2.27. The molecule has 7 nitrogen and oxygen atoms in total. The quantitative estimate of drug-likeness (QED) is 0.776. The van der Waals surface area contributed by atoms with Gasteiger partial charge >= 0.3 is 12.0 Å². The maximum absolute atomic E-state index is 12.0. The fourth-order valence-electron chi connectivity index (χ4n) is 1.81. The number of nitrogens with zero attached hydrogens (tertiary/aromatic N) is 3. The topological polar surface area (TPSA) is 87.5 Å². The number of aryl methyl sites for hydroxylation is 1. The summed E-state index contributed by atoms with van der Waals surface area (Å²) in [6.07, 6.45) is 4.86. The first kappa shape index (κ1) is 16.0. The van der Waals surface area contributed by atoms with Gasteiger partial charge in [-0.25, -0.2) is 9.78 Å². The highest BCUT2D eigenvalue weighted by Gasteiger charge is 2.21. The fraction of sp³-hybridized carbons (Fsp3) is 0.615. The highest BCUT2D eigenvalue weighted by Crippen LogP contribution is 2.04.